The van der Waals surface area contributed by atoms with Gasteiger partial charge in [-0.3, -0.25) is 4.99 Å². The zero-order chi connectivity index (χ0) is 16.4. The Morgan fingerprint density at radius 1 is 1.26 bits per heavy atom. The van der Waals surface area contributed by atoms with E-state index in [0.29, 0.717) is 22.3 Å². The number of ether oxygens (including phenoxy) is 1. The summed E-state index contributed by atoms with van der Waals surface area (Å²) < 4.78 is 5.43. The van der Waals surface area contributed by atoms with Crippen LogP contribution < -0.4 is 10.5 Å². The van der Waals surface area contributed by atoms with Crippen LogP contribution in [0.4, 0.5) is 5.69 Å². The predicted octanol–water partition coefficient (Wildman–Crippen LogP) is 3.68. The van der Waals surface area contributed by atoms with E-state index in [-0.39, 0.29) is 0 Å². The van der Waals surface area contributed by atoms with E-state index in [9.17, 15) is 4.79 Å². The molecular formula is C18H18N2O2S. The fraction of sp³-hybridized carbons (Fsp3) is 0.222. The van der Waals surface area contributed by atoms with E-state index in [4.69, 9.17) is 10.5 Å². The highest BCUT2D eigenvalue weighted by Gasteiger charge is 2.18. The second kappa shape index (κ2) is 6.46. The summed E-state index contributed by atoms with van der Waals surface area (Å²) in [5, 5.41) is 1.58. The normalized spacial score (nSPS) is 17.0. The molecule has 0 bridgehead atoms. The molecule has 0 saturated carbocycles. The molecular weight excluding hydrogens is 308 g/mol. The Kier molecular flexibility index (Phi) is 4.39. The second-order valence-electron chi connectivity index (χ2n) is 5.56. The maximum Gasteiger partial charge on any atom is 0.343 e. The first-order valence-electron chi connectivity index (χ1n) is 7.43. The number of esters is 1. The highest BCUT2D eigenvalue weighted by molar-refractivity contribution is 8.15. The first kappa shape index (κ1) is 15.6. The summed E-state index contributed by atoms with van der Waals surface area (Å²) in [6.45, 7) is 5.02. The quantitative estimate of drug-likeness (QED) is 0.531. The highest BCUT2D eigenvalue weighted by Crippen LogP contribution is 2.28. The number of nitrogens with zero attached hydrogens (tertiary/aromatic N) is 1. The van der Waals surface area contributed by atoms with E-state index in [1.54, 1.807) is 36.0 Å². The first-order chi connectivity index (χ1) is 11.0. The molecule has 0 spiro atoms. The van der Waals surface area contributed by atoms with E-state index >= 15 is 0 Å². The Morgan fingerprint density at radius 2 is 2.00 bits per heavy atom. The second-order valence-corrected chi connectivity index (χ2v) is 6.99. The van der Waals surface area contributed by atoms with Crippen molar-refractivity contribution in [2.75, 3.05) is 12.3 Å². The van der Waals surface area contributed by atoms with Crippen LogP contribution in [0.2, 0.25) is 0 Å². The molecule has 2 aromatic carbocycles. The van der Waals surface area contributed by atoms with Crippen molar-refractivity contribution >= 4 is 28.5 Å². The molecule has 3 rings (SSSR count). The Bertz CT molecular complexity index is 769. The number of hydrogen-bond acceptors (Lipinski definition) is 5. The topological polar surface area (TPSA) is 64.7 Å². The van der Waals surface area contributed by atoms with Crippen LogP contribution in [0.5, 0.6) is 5.75 Å². The summed E-state index contributed by atoms with van der Waals surface area (Å²) in [5.74, 6) is 0.142. The van der Waals surface area contributed by atoms with Crippen molar-refractivity contribution in [3.05, 3.63) is 59.2 Å². The van der Waals surface area contributed by atoms with Gasteiger partial charge in [-0.15, -0.1) is 11.8 Å². The molecule has 0 aromatic heterocycles. The number of anilines is 1. The average molecular weight is 326 g/mol. The molecule has 1 aliphatic rings. The fourth-order valence-electron chi connectivity index (χ4n) is 2.35. The van der Waals surface area contributed by atoms with Crippen molar-refractivity contribution in [2.24, 2.45) is 4.99 Å². The molecule has 0 amide bonds. The van der Waals surface area contributed by atoms with Crippen LogP contribution in [-0.2, 0) is 0 Å². The van der Waals surface area contributed by atoms with Gasteiger partial charge in [0.05, 0.1) is 17.2 Å². The number of rotatable bonds is 3. The van der Waals surface area contributed by atoms with Gasteiger partial charge < -0.3 is 10.5 Å². The van der Waals surface area contributed by atoms with Crippen LogP contribution in [0.25, 0.3) is 0 Å². The summed E-state index contributed by atoms with van der Waals surface area (Å²) in [4.78, 5) is 16.7. The van der Waals surface area contributed by atoms with Crippen molar-refractivity contribution in [3.63, 3.8) is 0 Å². The summed E-state index contributed by atoms with van der Waals surface area (Å²) in [5.41, 5.74) is 8.87. The number of nitrogen functional groups attached to an aromatic ring is 1. The predicted molar refractivity (Wildman–Crippen MR) is 95.4 cm³/mol. The Labute approximate surface area is 139 Å². The zero-order valence-corrected chi connectivity index (χ0v) is 13.9. The molecule has 1 aliphatic heterocycles. The summed E-state index contributed by atoms with van der Waals surface area (Å²) in [6.07, 6.45) is 0. The molecule has 4 nitrogen and oxygen atoms in total. The van der Waals surface area contributed by atoms with Crippen molar-refractivity contribution < 1.29 is 9.53 Å². The maximum absolute atomic E-state index is 12.1. The Morgan fingerprint density at radius 3 is 2.61 bits per heavy atom. The molecule has 118 valence electrons. The number of aliphatic imine (C=N–C) groups is 1. The molecule has 5 heteroatoms. The average Bonchev–Trinajstić information content (AvgIpc) is 2.94. The van der Waals surface area contributed by atoms with E-state index in [0.717, 1.165) is 22.7 Å². The van der Waals surface area contributed by atoms with Crippen LogP contribution in [0.15, 0.2) is 47.5 Å². The van der Waals surface area contributed by atoms with Crippen LogP contribution in [-0.4, -0.2) is 22.8 Å². The highest BCUT2D eigenvalue weighted by atomic mass is 32.2. The van der Waals surface area contributed by atoms with Gasteiger partial charge in [-0.1, -0.05) is 6.92 Å². The molecule has 0 radical (unpaired) electrons. The zero-order valence-electron chi connectivity index (χ0n) is 13.1. The molecule has 2 aromatic rings. The molecule has 1 unspecified atom stereocenters. The minimum absolute atomic E-state index is 0.390. The summed E-state index contributed by atoms with van der Waals surface area (Å²) >= 11 is 1.78. The van der Waals surface area contributed by atoms with Crippen LogP contribution in [0, 0.1) is 6.92 Å². The third kappa shape index (κ3) is 3.56. The van der Waals surface area contributed by atoms with Gasteiger partial charge in [0.15, 0.2) is 0 Å². The van der Waals surface area contributed by atoms with Gasteiger partial charge in [-0.2, -0.15) is 0 Å². The van der Waals surface area contributed by atoms with Crippen molar-refractivity contribution in [1.82, 2.24) is 0 Å². The lowest BCUT2D eigenvalue weighted by molar-refractivity contribution is 0.0735. The third-order valence-electron chi connectivity index (χ3n) is 3.59. The largest absolute Gasteiger partial charge is 0.423 e. The van der Waals surface area contributed by atoms with E-state index < -0.39 is 5.97 Å². The molecule has 2 N–H and O–H groups in total. The van der Waals surface area contributed by atoms with Gasteiger partial charge in [0.1, 0.15) is 5.75 Å². The van der Waals surface area contributed by atoms with E-state index in [2.05, 4.69) is 11.9 Å². The minimum Gasteiger partial charge on any atom is -0.423 e. The number of benzene rings is 2. The molecule has 1 atom stereocenters. The molecule has 1 heterocycles. The van der Waals surface area contributed by atoms with Crippen molar-refractivity contribution in [3.8, 4) is 5.75 Å². The SMILES string of the molecule is Cc1cc(OC(=O)c2ccc(N)cc2)ccc1C1=NCC(C)S1. The minimum atomic E-state index is -0.390. The Hall–Kier alpha value is -2.27. The number of aryl methyl sites for hydroxylation is 1. The molecule has 0 aliphatic carbocycles. The van der Waals surface area contributed by atoms with Gasteiger partial charge in [0.2, 0.25) is 0 Å². The van der Waals surface area contributed by atoms with Crippen LogP contribution in [0.1, 0.15) is 28.4 Å². The van der Waals surface area contributed by atoms with Crippen molar-refractivity contribution in [2.45, 2.75) is 19.1 Å². The fourth-order valence-corrected chi connectivity index (χ4v) is 3.39. The lowest BCUT2D eigenvalue weighted by atomic mass is 10.1. The summed E-state index contributed by atoms with van der Waals surface area (Å²) in [7, 11) is 0. The van der Waals surface area contributed by atoms with Crippen molar-refractivity contribution in [1.29, 1.82) is 0 Å². The van der Waals surface area contributed by atoms with Gasteiger partial charge in [0, 0.05) is 16.5 Å². The van der Waals surface area contributed by atoms with Gasteiger partial charge in [-0.25, -0.2) is 4.79 Å². The number of thioether (sulfide) groups is 1. The van der Waals surface area contributed by atoms with Gasteiger partial charge in [0.25, 0.3) is 0 Å². The maximum atomic E-state index is 12.1. The first-order valence-corrected chi connectivity index (χ1v) is 8.31. The monoisotopic (exact) mass is 326 g/mol. The third-order valence-corrected chi connectivity index (χ3v) is 4.71. The number of hydrogen-bond donors (Lipinski definition) is 1. The molecule has 0 saturated heterocycles. The molecule has 0 fully saturated rings. The van der Waals surface area contributed by atoms with E-state index in [1.165, 1.54) is 0 Å². The van der Waals surface area contributed by atoms with Crippen LogP contribution >= 0.6 is 11.8 Å². The Balaban J connectivity index is 1.75. The number of carbonyl (C=O) groups excluding carboxylic acids is 1. The number of carbonyl (C=O) groups is 1. The standard InChI is InChI=1S/C18H18N2O2S/c1-11-9-15(7-8-16(11)17-20-10-12(2)23-17)22-18(21)13-3-5-14(19)6-4-13/h3-9,12H,10,19H2,1-2H3. The van der Waals surface area contributed by atoms with Gasteiger partial charge >= 0.3 is 5.97 Å². The number of nitrogens with two attached hydrogens (primary N) is 1. The van der Waals surface area contributed by atoms with Crippen LogP contribution in [0.3, 0.4) is 0 Å². The lowest BCUT2D eigenvalue weighted by Gasteiger charge is -2.09. The summed E-state index contributed by atoms with van der Waals surface area (Å²) in [6, 6.07) is 12.3. The lowest BCUT2D eigenvalue weighted by Crippen LogP contribution is -2.09. The van der Waals surface area contributed by atoms with E-state index in [1.807, 2.05) is 25.1 Å². The molecule has 23 heavy (non-hydrogen) atoms. The van der Waals surface area contributed by atoms with Gasteiger partial charge in [-0.05, 0) is 55.0 Å². The smallest absolute Gasteiger partial charge is 0.343 e.